The van der Waals surface area contributed by atoms with E-state index in [-0.39, 0.29) is 0 Å². The zero-order valence-corrected chi connectivity index (χ0v) is 7.48. The zero-order valence-electron chi connectivity index (χ0n) is 6.07. The van der Waals surface area contributed by atoms with Crippen molar-refractivity contribution in [2.45, 2.75) is 24.6 Å². The highest BCUT2D eigenvalue weighted by molar-refractivity contribution is 6.43. The molecule has 1 saturated heterocycles. The van der Waals surface area contributed by atoms with Crippen LogP contribution in [0.15, 0.2) is 0 Å². The van der Waals surface area contributed by atoms with Crippen LogP contribution in [0.1, 0.15) is 13.3 Å². The minimum Gasteiger partial charge on any atom is -0.307 e. The molecule has 1 atom stereocenters. The monoisotopic (exact) mass is 129 g/mol. The van der Waals surface area contributed by atoms with Gasteiger partial charge in [0, 0.05) is 14.7 Å². The summed E-state index contributed by atoms with van der Waals surface area (Å²) in [5.41, 5.74) is 0. The molecule has 1 rings (SSSR count). The van der Waals surface area contributed by atoms with Gasteiger partial charge in [0.2, 0.25) is 0 Å². The van der Waals surface area contributed by atoms with Crippen LogP contribution in [0, 0.1) is 0 Å². The molecule has 8 heavy (non-hydrogen) atoms. The van der Waals surface area contributed by atoms with Gasteiger partial charge in [0.1, 0.15) is 0 Å². The van der Waals surface area contributed by atoms with Crippen LogP contribution < -0.4 is 0 Å². The van der Waals surface area contributed by atoms with Crippen LogP contribution in [-0.4, -0.2) is 33.7 Å². The van der Waals surface area contributed by atoms with Crippen LogP contribution in [0.2, 0.25) is 6.04 Å². The van der Waals surface area contributed by atoms with E-state index in [1.807, 2.05) is 0 Å². The molecule has 0 radical (unpaired) electrons. The van der Waals surface area contributed by atoms with Crippen molar-refractivity contribution < 1.29 is 0 Å². The van der Waals surface area contributed by atoms with Gasteiger partial charge in [-0.3, -0.25) is 0 Å². The summed E-state index contributed by atoms with van der Waals surface area (Å²) in [6, 6.07) is 1.56. The summed E-state index contributed by atoms with van der Waals surface area (Å²) in [4.78, 5) is 2.39. The molecule has 0 saturated carbocycles. The van der Waals surface area contributed by atoms with Gasteiger partial charge >= 0.3 is 0 Å². The molecule has 1 aliphatic rings. The summed E-state index contributed by atoms with van der Waals surface area (Å²) >= 11 is 0. The molecule has 0 N–H and O–H groups in total. The largest absolute Gasteiger partial charge is 0.307 e. The fourth-order valence-corrected chi connectivity index (χ4v) is 2.96. The van der Waals surface area contributed by atoms with E-state index in [1.54, 1.807) is 6.04 Å². The number of hydrogen-bond donors (Lipinski definition) is 0. The molecule has 0 aromatic carbocycles. The quantitative estimate of drug-likeness (QED) is 0.459. The molecular formula is C6H15NSi. The molecule has 1 aliphatic heterocycles. The van der Waals surface area contributed by atoms with Crippen molar-refractivity contribution >= 4 is 9.52 Å². The minimum absolute atomic E-state index is 0.301. The van der Waals surface area contributed by atoms with Crippen LogP contribution in [0.4, 0.5) is 0 Å². The zero-order chi connectivity index (χ0) is 6.20. The summed E-state index contributed by atoms with van der Waals surface area (Å²) in [6.45, 7) is 2.39. The van der Waals surface area contributed by atoms with Crippen molar-refractivity contribution in [3.8, 4) is 0 Å². The lowest BCUT2D eigenvalue weighted by Gasteiger charge is -2.43. The van der Waals surface area contributed by atoms with Crippen molar-refractivity contribution in [3.05, 3.63) is 0 Å². The summed E-state index contributed by atoms with van der Waals surface area (Å²) in [5.74, 6) is 0. The van der Waals surface area contributed by atoms with Gasteiger partial charge in [-0.25, -0.2) is 0 Å². The summed E-state index contributed by atoms with van der Waals surface area (Å²) in [5, 5.41) is 0.694. The van der Waals surface area contributed by atoms with Crippen molar-refractivity contribution in [3.63, 3.8) is 0 Å². The van der Waals surface area contributed by atoms with Crippen molar-refractivity contribution in [2.24, 2.45) is 0 Å². The molecule has 1 fully saturated rings. The molecule has 1 nitrogen and oxygen atoms in total. The second-order valence-corrected chi connectivity index (χ2v) is 5.98. The third kappa shape index (κ3) is 0.824. The summed E-state index contributed by atoms with van der Waals surface area (Å²) in [6.07, 6.45) is 1.45. The Balaban J connectivity index is 2.41. The van der Waals surface area contributed by atoms with Crippen molar-refractivity contribution in [1.82, 2.24) is 4.90 Å². The predicted octanol–water partition coefficient (Wildman–Crippen LogP) is 0.255. The maximum absolute atomic E-state index is 2.39. The Morgan fingerprint density at radius 2 is 2.00 bits per heavy atom. The smallest absolute Gasteiger partial charge is 0.0444 e. The Bertz CT molecular complexity index is 86.5. The minimum atomic E-state index is 0.301. The lowest BCUT2D eigenvalue weighted by molar-refractivity contribution is 0.233. The van der Waals surface area contributed by atoms with Crippen LogP contribution in [0.3, 0.4) is 0 Å². The van der Waals surface area contributed by atoms with Crippen LogP contribution in [-0.2, 0) is 0 Å². The molecule has 1 heterocycles. The van der Waals surface area contributed by atoms with Crippen LogP contribution in [0.25, 0.3) is 0 Å². The van der Waals surface area contributed by atoms with E-state index in [9.17, 15) is 0 Å². The van der Waals surface area contributed by atoms with Crippen molar-refractivity contribution in [2.75, 3.05) is 14.1 Å². The molecular weight excluding hydrogens is 114 g/mol. The first-order valence-corrected chi connectivity index (χ1v) is 5.03. The number of hydrogen-bond acceptors (Lipinski definition) is 1. The topological polar surface area (TPSA) is 3.24 Å². The first kappa shape index (κ1) is 6.30. The predicted molar refractivity (Wildman–Crippen MR) is 40.1 cm³/mol. The Kier molecular flexibility index (Phi) is 1.45. The maximum atomic E-state index is 2.39. The average molecular weight is 129 g/mol. The first-order chi connectivity index (χ1) is 3.65. The van der Waals surface area contributed by atoms with Crippen molar-refractivity contribution in [1.29, 1.82) is 0 Å². The fourth-order valence-electron chi connectivity index (χ4n) is 1.14. The van der Waals surface area contributed by atoms with Gasteiger partial charge in [-0.2, -0.15) is 0 Å². The molecule has 0 amide bonds. The molecule has 0 spiro atoms. The first-order valence-electron chi connectivity index (χ1n) is 3.33. The average Bonchev–Trinajstić information content (AvgIpc) is 1.60. The van der Waals surface area contributed by atoms with E-state index in [0.717, 1.165) is 0 Å². The van der Waals surface area contributed by atoms with Gasteiger partial charge in [0.05, 0.1) is 0 Å². The Morgan fingerprint density at radius 1 is 1.50 bits per heavy atom. The third-order valence-electron chi connectivity index (χ3n) is 2.51. The highest BCUT2D eigenvalue weighted by Crippen LogP contribution is 2.27. The fraction of sp³-hybridized carbons (Fsp3) is 1.00. The Morgan fingerprint density at radius 3 is 2.00 bits per heavy atom. The Hall–Kier alpha value is 0.177. The van der Waals surface area contributed by atoms with Gasteiger partial charge in [0.25, 0.3) is 0 Å². The van der Waals surface area contributed by atoms with E-state index in [0.29, 0.717) is 14.7 Å². The summed E-state index contributed by atoms with van der Waals surface area (Å²) in [7, 11) is 4.70. The molecule has 0 aliphatic carbocycles. The Labute approximate surface area is 53.9 Å². The standard InChI is InChI=1S/C6H15NSi/c1-6(7(2)3)4-5-8-6/h4-5,8H2,1-3H3. The van der Waals surface area contributed by atoms with Gasteiger partial charge in [-0.1, -0.05) is 13.0 Å². The van der Waals surface area contributed by atoms with Crippen LogP contribution >= 0.6 is 0 Å². The van der Waals surface area contributed by atoms with Gasteiger partial charge < -0.3 is 4.90 Å². The lowest BCUT2D eigenvalue weighted by Crippen LogP contribution is -2.53. The van der Waals surface area contributed by atoms with Gasteiger partial charge in [-0.05, 0) is 20.5 Å². The number of rotatable bonds is 1. The summed E-state index contributed by atoms with van der Waals surface area (Å²) < 4.78 is 0. The lowest BCUT2D eigenvalue weighted by atomic mass is 10.2. The van der Waals surface area contributed by atoms with E-state index in [4.69, 9.17) is 0 Å². The van der Waals surface area contributed by atoms with E-state index >= 15 is 0 Å². The molecule has 0 bridgehead atoms. The van der Waals surface area contributed by atoms with E-state index < -0.39 is 0 Å². The third-order valence-corrected chi connectivity index (χ3v) is 5.28. The van der Waals surface area contributed by atoms with E-state index in [2.05, 4.69) is 25.9 Å². The SMILES string of the molecule is CN(C)C1(C)CC[SiH2]1. The molecule has 2 heteroatoms. The molecule has 48 valence electrons. The highest BCUT2D eigenvalue weighted by atomic mass is 28.2. The van der Waals surface area contributed by atoms with Gasteiger partial charge in [0.15, 0.2) is 0 Å². The number of nitrogens with zero attached hydrogens (tertiary/aromatic N) is 1. The normalized spacial score (nSPS) is 40.5. The second kappa shape index (κ2) is 1.85. The molecule has 0 aromatic heterocycles. The van der Waals surface area contributed by atoms with Crippen LogP contribution in [0.5, 0.6) is 0 Å². The molecule has 1 unspecified atom stereocenters. The molecule has 0 aromatic rings. The second-order valence-electron chi connectivity index (χ2n) is 3.24. The van der Waals surface area contributed by atoms with E-state index in [1.165, 1.54) is 6.42 Å². The highest BCUT2D eigenvalue weighted by Gasteiger charge is 2.33. The van der Waals surface area contributed by atoms with Gasteiger partial charge in [-0.15, -0.1) is 0 Å². The maximum Gasteiger partial charge on any atom is 0.0444 e.